The third kappa shape index (κ3) is 3.83. The van der Waals surface area contributed by atoms with E-state index in [-0.39, 0.29) is 5.91 Å². The van der Waals surface area contributed by atoms with Gasteiger partial charge in [-0.3, -0.25) is 4.79 Å². The lowest BCUT2D eigenvalue weighted by atomic mass is 10.00. The zero-order valence-electron chi connectivity index (χ0n) is 12.6. The molecule has 0 spiro atoms. The van der Waals surface area contributed by atoms with Crippen molar-refractivity contribution in [2.45, 2.75) is 52.1 Å². The van der Waals surface area contributed by atoms with Crippen LogP contribution in [0.15, 0.2) is 18.2 Å². The average Bonchev–Trinajstić information content (AvgIpc) is 2.38. The van der Waals surface area contributed by atoms with Crippen LogP contribution in [0.3, 0.4) is 0 Å². The third-order valence-corrected chi connectivity index (χ3v) is 4.10. The standard InChI is InChI=1S/C17H25NO2/c1-13-8-9-15(14(2)11-13)16(19)12-18-10-6-4-3-5-7-17(18)20/h8-9,11,16,19H,3-7,10,12H2,1-2H3. The molecule has 1 unspecified atom stereocenters. The normalized spacial score (nSPS) is 18.6. The van der Waals surface area contributed by atoms with Gasteiger partial charge in [0.1, 0.15) is 0 Å². The number of nitrogens with zero attached hydrogens (tertiary/aromatic N) is 1. The Balaban J connectivity index is 2.05. The summed E-state index contributed by atoms with van der Waals surface area (Å²) in [7, 11) is 0. The molecule has 1 fully saturated rings. The molecule has 1 aromatic rings. The van der Waals surface area contributed by atoms with Crippen molar-refractivity contribution in [3.8, 4) is 0 Å². The minimum atomic E-state index is -0.584. The van der Waals surface area contributed by atoms with Crippen molar-refractivity contribution in [3.63, 3.8) is 0 Å². The molecule has 3 nitrogen and oxygen atoms in total. The van der Waals surface area contributed by atoms with Gasteiger partial charge in [0.25, 0.3) is 0 Å². The summed E-state index contributed by atoms with van der Waals surface area (Å²) in [5.41, 5.74) is 3.23. The fourth-order valence-corrected chi connectivity index (χ4v) is 2.91. The molecule has 1 aliphatic rings. The summed E-state index contributed by atoms with van der Waals surface area (Å²) in [5, 5.41) is 10.4. The van der Waals surface area contributed by atoms with Crippen molar-refractivity contribution in [2.24, 2.45) is 0 Å². The van der Waals surface area contributed by atoms with Gasteiger partial charge in [-0.25, -0.2) is 0 Å². The highest BCUT2D eigenvalue weighted by Crippen LogP contribution is 2.21. The van der Waals surface area contributed by atoms with Crippen molar-refractivity contribution in [3.05, 3.63) is 34.9 Å². The number of amides is 1. The molecule has 1 aromatic carbocycles. The second-order valence-electron chi connectivity index (χ2n) is 5.88. The predicted octanol–water partition coefficient (Wildman–Crippen LogP) is 3.13. The van der Waals surface area contributed by atoms with Gasteiger partial charge in [0.2, 0.25) is 5.91 Å². The Bertz CT molecular complexity index is 470. The molecule has 20 heavy (non-hydrogen) atoms. The van der Waals surface area contributed by atoms with Gasteiger partial charge in [0.15, 0.2) is 0 Å². The van der Waals surface area contributed by atoms with Crippen LogP contribution in [0.5, 0.6) is 0 Å². The molecule has 2 rings (SSSR count). The van der Waals surface area contributed by atoms with Crippen LogP contribution in [0.1, 0.15) is 54.9 Å². The molecule has 1 saturated heterocycles. The lowest BCUT2D eigenvalue weighted by molar-refractivity contribution is -0.133. The zero-order chi connectivity index (χ0) is 14.5. The van der Waals surface area contributed by atoms with Gasteiger partial charge in [0, 0.05) is 13.0 Å². The van der Waals surface area contributed by atoms with Gasteiger partial charge >= 0.3 is 0 Å². The van der Waals surface area contributed by atoms with Crippen molar-refractivity contribution < 1.29 is 9.90 Å². The smallest absolute Gasteiger partial charge is 0.222 e. The lowest BCUT2D eigenvalue weighted by Gasteiger charge is -2.27. The SMILES string of the molecule is Cc1ccc(C(O)CN2CCCCCCC2=O)c(C)c1. The van der Waals surface area contributed by atoms with E-state index in [1.54, 1.807) is 0 Å². The third-order valence-electron chi connectivity index (χ3n) is 4.10. The van der Waals surface area contributed by atoms with Crippen LogP contribution < -0.4 is 0 Å². The quantitative estimate of drug-likeness (QED) is 0.920. The Morgan fingerprint density at radius 1 is 1.20 bits per heavy atom. The molecular weight excluding hydrogens is 250 g/mol. The largest absolute Gasteiger partial charge is 0.387 e. The summed E-state index contributed by atoms with van der Waals surface area (Å²) < 4.78 is 0. The summed E-state index contributed by atoms with van der Waals surface area (Å²) in [6, 6.07) is 6.07. The maximum absolute atomic E-state index is 12.1. The first-order chi connectivity index (χ1) is 9.58. The Morgan fingerprint density at radius 2 is 1.95 bits per heavy atom. The highest BCUT2D eigenvalue weighted by Gasteiger charge is 2.20. The topological polar surface area (TPSA) is 40.5 Å². The van der Waals surface area contributed by atoms with Crippen LogP contribution in [0, 0.1) is 13.8 Å². The summed E-state index contributed by atoms with van der Waals surface area (Å²) in [4.78, 5) is 13.9. The molecule has 0 aromatic heterocycles. The maximum Gasteiger partial charge on any atom is 0.222 e. The minimum absolute atomic E-state index is 0.188. The van der Waals surface area contributed by atoms with Crippen molar-refractivity contribution in [1.82, 2.24) is 4.90 Å². The number of aliphatic hydroxyl groups is 1. The molecule has 1 amide bonds. The van der Waals surface area contributed by atoms with E-state index in [4.69, 9.17) is 0 Å². The van der Waals surface area contributed by atoms with E-state index in [0.717, 1.165) is 36.9 Å². The van der Waals surface area contributed by atoms with E-state index in [2.05, 4.69) is 6.07 Å². The second-order valence-corrected chi connectivity index (χ2v) is 5.88. The number of benzene rings is 1. The van der Waals surface area contributed by atoms with E-state index in [1.807, 2.05) is 30.9 Å². The first kappa shape index (κ1) is 15.0. The predicted molar refractivity (Wildman–Crippen MR) is 80.5 cm³/mol. The van der Waals surface area contributed by atoms with Crippen molar-refractivity contribution in [1.29, 1.82) is 0 Å². The monoisotopic (exact) mass is 275 g/mol. The van der Waals surface area contributed by atoms with Crippen molar-refractivity contribution >= 4 is 5.91 Å². The Morgan fingerprint density at radius 3 is 2.70 bits per heavy atom. The van der Waals surface area contributed by atoms with Gasteiger partial charge in [-0.05, 0) is 37.8 Å². The maximum atomic E-state index is 12.1. The van der Waals surface area contributed by atoms with Gasteiger partial charge < -0.3 is 10.0 Å². The fraction of sp³-hybridized carbons (Fsp3) is 0.588. The van der Waals surface area contributed by atoms with Crippen LogP contribution in [-0.2, 0) is 4.79 Å². The zero-order valence-corrected chi connectivity index (χ0v) is 12.6. The number of hydrogen-bond donors (Lipinski definition) is 1. The molecule has 1 aliphatic heterocycles. The molecule has 0 saturated carbocycles. The van der Waals surface area contributed by atoms with Gasteiger partial charge in [-0.1, -0.05) is 36.6 Å². The number of likely N-dealkylation sites (tertiary alicyclic amines) is 1. The minimum Gasteiger partial charge on any atom is -0.387 e. The fourth-order valence-electron chi connectivity index (χ4n) is 2.91. The Hall–Kier alpha value is -1.35. The molecule has 0 bridgehead atoms. The highest BCUT2D eigenvalue weighted by atomic mass is 16.3. The molecule has 0 radical (unpaired) electrons. The summed E-state index contributed by atoms with van der Waals surface area (Å²) in [5.74, 6) is 0.188. The van der Waals surface area contributed by atoms with Crippen LogP contribution in [0.25, 0.3) is 0 Å². The molecule has 1 heterocycles. The molecule has 1 atom stereocenters. The number of aryl methyl sites for hydroxylation is 2. The number of hydrogen-bond acceptors (Lipinski definition) is 2. The van der Waals surface area contributed by atoms with Gasteiger partial charge in [0.05, 0.1) is 12.6 Å². The first-order valence-electron chi connectivity index (χ1n) is 7.61. The Labute approximate surface area is 121 Å². The summed E-state index contributed by atoms with van der Waals surface area (Å²) in [6.07, 6.45) is 4.40. The van der Waals surface area contributed by atoms with Gasteiger partial charge in [-0.15, -0.1) is 0 Å². The van der Waals surface area contributed by atoms with Gasteiger partial charge in [-0.2, -0.15) is 0 Å². The molecular formula is C17H25NO2. The lowest BCUT2D eigenvalue weighted by Crippen LogP contribution is -2.36. The van der Waals surface area contributed by atoms with E-state index in [0.29, 0.717) is 13.0 Å². The first-order valence-corrected chi connectivity index (χ1v) is 7.61. The Kier molecular flexibility index (Phi) is 5.18. The molecule has 0 aliphatic carbocycles. The number of β-amino-alcohol motifs (C(OH)–C–C–N with tert-alkyl or cyclic N) is 1. The summed E-state index contributed by atoms with van der Waals surface area (Å²) >= 11 is 0. The molecule has 1 N–H and O–H groups in total. The van der Waals surface area contributed by atoms with E-state index < -0.39 is 6.10 Å². The number of carbonyl (C=O) groups is 1. The van der Waals surface area contributed by atoms with E-state index >= 15 is 0 Å². The van der Waals surface area contributed by atoms with E-state index in [9.17, 15) is 9.90 Å². The second kappa shape index (κ2) is 6.89. The van der Waals surface area contributed by atoms with Crippen LogP contribution in [-0.4, -0.2) is 29.0 Å². The van der Waals surface area contributed by atoms with Crippen LogP contribution in [0.2, 0.25) is 0 Å². The number of rotatable bonds is 3. The number of aliphatic hydroxyl groups excluding tert-OH is 1. The average molecular weight is 275 g/mol. The highest BCUT2D eigenvalue weighted by molar-refractivity contribution is 5.76. The molecule has 3 heteroatoms. The summed E-state index contributed by atoms with van der Waals surface area (Å²) in [6.45, 7) is 5.26. The molecule has 110 valence electrons. The number of carbonyl (C=O) groups excluding carboxylic acids is 1. The van der Waals surface area contributed by atoms with Crippen LogP contribution >= 0.6 is 0 Å². The van der Waals surface area contributed by atoms with Crippen molar-refractivity contribution in [2.75, 3.05) is 13.1 Å². The van der Waals surface area contributed by atoms with E-state index in [1.165, 1.54) is 12.0 Å². The van der Waals surface area contributed by atoms with Crippen LogP contribution in [0.4, 0.5) is 0 Å².